The van der Waals surface area contributed by atoms with Crippen molar-refractivity contribution in [2.24, 2.45) is 11.5 Å². The highest BCUT2D eigenvalue weighted by Crippen LogP contribution is 2.34. The Kier molecular flexibility index (Phi) is 9.66. The molecule has 4 heterocycles. The van der Waals surface area contributed by atoms with E-state index in [2.05, 4.69) is 25.2 Å². The monoisotopic (exact) mass is 633 g/mol. The molecule has 41 heavy (non-hydrogen) atoms. The number of hydrogen-bond acceptors (Lipinski definition) is 6. The van der Waals surface area contributed by atoms with Crippen LogP contribution in [0.15, 0.2) is 55.0 Å². The Balaban J connectivity index is 0.000000182. The van der Waals surface area contributed by atoms with E-state index in [-0.39, 0.29) is 11.1 Å². The molecule has 2 aromatic carbocycles. The Morgan fingerprint density at radius 2 is 1.24 bits per heavy atom. The molecule has 2 saturated heterocycles. The average molecular weight is 635 g/mol. The van der Waals surface area contributed by atoms with Crippen LogP contribution in [0.4, 0.5) is 5.82 Å². The van der Waals surface area contributed by atoms with Crippen molar-refractivity contribution in [1.82, 2.24) is 20.3 Å². The maximum Gasteiger partial charge on any atom is 0.142 e. The van der Waals surface area contributed by atoms with Crippen molar-refractivity contribution in [2.75, 3.05) is 31.1 Å². The van der Waals surface area contributed by atoms with Crippen LogP contribution in [0.1, 0.15) is 36.8 Å². The predicted molar refractivity (Wildman–Crippen MR) is 172 cm³/mol. The summed E-state index contributed by atoms with van der Waals surface area (Å²) in [6, 6.07) is 13.2. The van der Waals surface area contributed by atoms with Gasteiger partial charge >= 0.3 is 0 Å². The molecule has 0 saturated carbocycles. The number of piperidine rings is 2. The van der Waals surface area contributed by atoms with Gasteiger partial charge in [-0.1, -0.05) is 58.5 Å². The van der Waals surface area contributed by atoms with Gasteiger partial charge in [-0.25, -0.2) is 9.97 Å². The van der Waals surface area contributed by atoms with Crippen LogP contribution in [0.3, 0.4) is 0 Å². The van der Waals surface area contributed by atoms with Gasteiger partial charge in [-0.05, 0) is 93.1 Å². The number of nitrogens with one attached hydrogen (secondary N) is 2. The van der Waals surface area contributed by atoms with Crippen LogP contribution in [-0.4, -0.2) is 52.2 Å². The lowest BCUT2D eigenvalue weighted by Crippen LogP contribution is -2.52. The highest BCUT2D eigenvalue weighted by molar-refractivity contribution is 6.36. The Morgan fingerprint density at radius 3 is 1.78 bits per heavy atom. The minimum atomic E-state index is -0.310. The molecule has 2 aliphatic heterocycles. The maximum atomic E-state index is 6.68. The number of aromatic nitrogens is 3. The molecule has 7 nitrogen and oxygen atoms in total. The first-order chi connectivity index (χ1) is 19.7. The third kappa shape index (κ3) is 7.28. The molecule has 0 atom stereocenters. The molecule has 2 aliphatic rings. The fourth-order valence-electron chi connectivity index (χ4n) is 5.66. The predicted octanol–water partition coefficient (Wildman–Crippen LogP) is 6.42. The van der Waals surface area contributed by atoms with Gasteiger partial charge in [0.05, 0.1) is 5.39 Å². The Hall–Kier alpha value is -2.10. The van der Waals surface area contributed by atoms with Gasteiger partial charge in [-0.3, -0.25) is 0 Å². The highest BCUT2D eigenvalue weighted by atomic mass is 35.5. The van der Waals surface area contributed by atoms with E-state index in [9.17, 15) is 0 Å². The summed E-state index contributed by atoms with van der Waals surface area (Å²) in [5, 5.41) is 7.16. The zero-order valence-electron chi connectivity index (χ0n) is 22.8. The summed E-state index contributed by atoms with van der Waals surface area (Å²) in [6.07, 6.45) is 8.56. The first kappa shape index (κ1) is 30.4. The molecule has 11 heteroatoms. The number of benzene rings is 2. The summed E-state index contributed by atoms with van der Waals surface area (Å²) < 4.78 is 0. The van der Waals surface area contributed by atoms with Crippen molar-refractivity contribution in [2.45, 2.75) is 49.6 Å². The summed E-state index contributed by atoms with van der Waals surface area (Å²) >= 11 is 24.9. The van der Waals surface area contributed by atoms with Gasteiger partial charge in [-0.15, -0.1) is 0 Å². The largest absolute Gasteiger partial charge is 0.356 e. The maximum absolute atomic E-state index is 6.68. The lowest BCUT2D eigenvalue weighted by molar-refractivity contribution is 0.308. The van der Waals surface area contributed by atoms with Gasteiger partial charge < -0.3 is 26.7 Å². The normalized spacial score (nSPS) is 18.1. The van der Waals surface area contributed by atoms with Crippen molar-refractivity contribution < 1.29 is 0 Å². The minimum Gasteiger partial charge on any atom is -0.356 e. The molecule has 4 aromatic rings. The van der Waals surface area contributed by atoms with Crippen molar-refractivity contribution >= 4 is 63.3 Å². The number of rotatable bonds is 5. The highest BCUT2D eigenvalue weighted by Gasteiger charge is 2.33. The molecule has 218 valence electrons. The molecule has 0 amide bonds. The summed E-state index contributed by atoms with van der Waals surface area (Å²) in [6.45, 7) is 3.63. The van der Waals surface area contributed by atoms with Gasteiger partial charge in [0.2, 0.25) is 0 Å². The van der Waals surface area contributed by atoms with Gasteiger partial charge in [-0.2, -0.15) is 0 Å². The van der Waals surface area contributed by atoms with E-state index in [0.717, 1.165) is 96.3 Å². The third-order valence-electron chi connectivity index (χ3n) is 8.17. The van der Waals surface area contributed by atoms with Gasteiger partial charge in [0.15, 0.2) is 0 Å². The first-order valence-corrected chi connectivity index (χ1v) is 15.3. The Labute approximate surface area is 260 Å². The summed E-state index contributed by atoms with van der Waals surface area (Å²) in [4.78, 5) is 14.1. The Morgan fingerprint density at radius 1 is 0.732 bits per heavy atom. The van der Waals surface area contributed by atoms with Crippen molar-refractivity contribution in [3.05, 3.63) is 86.2 Å². The molecule has 0 spiro atoms. The SMILES string of the molecule is NC1(Cc2c(Cl)cccc2Cl)CCN(c2ncnc3[nH]ccc23)CC1.NC1(Cc2c(Cl)cccc2Cl)CCNCC1. The van der Waals surface area contributed by atoms with Crippen molar-refractivity contribution in [1.29, 1.82) is 0 Å². The molecular formula is C30H35Cl4N7. The number of nitrogens with zero attached hydrogens (tertiary/aromatic N) is 3. The van der Waals surface area contributed by atoms with Crippen LogP contribution in [0, 0.1) is 0 Å². The molecule has 2 aromatic heterocycles. The molecule has 6 rings (SSSR count). The van der Waals surface area contributed by atoms with Gasteiger partial charge in [0.1, 0.15) is 17.8 Å². The summed E-state index contributed by atoms with van der Waals surface area (Å²) in [7, 11) is 0. The number of halogens is 4. The number of anilines is 1. The fourth-order valence-corrected chi connectivity index (χ4v) is 6.72. The van der Waals surface area contributed by atoms with Crippen LogP contribution >= 0.6 is 46.4 Å². The zero-order chi connectivity index (χ0) is 29.0. The average Bonchev–Trinajstić information content (AvgIpc) is 3.44. The molecule has 0 bridgehead atoms. The molecule has 2 fully saturated rings. The van der Waals surface area contributed by atoms with Crippen LogP contribution in [0.2, 0.25) is 20.1 Å². The summed E-state index contributed by atoms with van der Waals surface area (Å²) in [5.74, 6) is 0.962. The number of nitrogens with two attached hydrogens (primary N) is 2. The quantitative estimate of drug-likeness (QED) is 0.202. The van der Waals surface area contributed by atoms with Gasteiger partial charge in [0.25, 0.3) is 0 Å². The minimum absolute atomic E-state index is 0.167. The van der Waals surface area contributed by atoms with E-state index in [1.807, 2.05) is 48.7 Å². The number of aromatic amines is 1. The number of H-pyrrole nitrogens is 1. The van der Waals surface area contributed by atoms with E-state index in [1.165, 1.54) is 0 Å². The van der Waals surface area contributed by atoms with E-state index in [4.69, 9.17) is 57.9 Å². The van der Waals surface area contributed by atoms with Crippen molar-refractivity contribution in [3.8, 4) is 0 Å². The van der Waals surface area contributed by atoms with E-state index < -0.39 is 0 Å². The number of hydrogen-bond donors (Lipinski definition) is 4. The standard InChI is InChI=1S/C18H19Cl2N5.C12H16Cl2N2/c19-14-2-1-3-15(20)13(14)10-18(21)5-8-25(9-6-18)17-12-4-7-22-16(12)23-11-24-17;13-10-2-1-3-11(14)9(10)8-12(15)4-6-16-7-5-12/h1-4,7,11H,5-6,8-10,21H2,(H,22,23,24);1-3,16H,4-8,15H2. The molecule has 0 radical (unpaired) electrons. The van der Waals surface area contributed by atoms with E-state index >= 15 is 0 Å². The van der Waals surface area contributed by atoms with Crippen LogP contribution in [0.5, 0.6) is 0 Å². The van der Waals surface area contributed by atoms with Gasteiger partial charge in [0, 0.05) is 50.5 Å². The third-order valence-corrected chi connectivity index (χ3v) is 9.59. The molecule has 0 unspecified atom stereocenters. The van der Waals surface area contributed by atoms with Crippen LogP contribution in [0.25, 0.3) is 11.0 Å². The molecule has 0 aliphatic carbocycles. The zero-order valence-corrected chi connectivity index (χ0v) is 25.8. The second-order valence-corrected chi connectivity index (χ2v) is 12.8. The molecular weight excluding hydrogens is 600 g/mol. The smallest absolute Gasteiger partial charge is 0.142 e. The van der Waals surface area contributed by atoms with Crippen LogP contribution < -0.4 is 21.7 Å². The lowest BCUT2D eigenvalue weighted by Gasteiger charge is -2.40. The van der Waals surface area contributed by atoms with Crippen LogP contribution in [-0.2, 0) is 12.8 Å². The van der Waals surface area contributed by atoms with E-state index in [0.29, 0.717) is 16.5 Å². The van der Waals surface area contributed by atoms with Crippen molar-refractivity contribution in [3.63, 3.8) is 0 Å². The summed E-state index contributed by atoms with van der Waals surface area (Å²) in [5.41, 5.74) is 15.4. The second-order valence-electron chi connectivity index (χ2n) is 11.2. The topological polar surface area (TPSA) is 109 Å². The number of fused-ring (bicyclic) bond motifs is 1. The lowest BCUT2D eigenvalue weighted by atomic mass is 9.82. The van der Waals surface area contributed by atoms with E-state index in [1.54, 1.807) is 6.33 Å². The fraction of sp³-hybridized carbons (Fsp3) is 0.400. The Bertz CT molecular complexity index is 1440. The molecule has 6 N–H and O–H groups in total. The second kappa shape index (κ2) is 13.0. The first-order valence-electron chi connectivity index (χ1n) is 13.8.